The summed E-state index contributed by atoms with van der Waals surface area (Å²) in [5.41, 5.74) is 0. The smallest absolute Gasteiger partial charge is 0.222 e. The molecule has 0 aromatic rings. The predicted molar refractivity (Wildman–Crippen MR) is 65.2 cm³/mol. The Hall–Kier alpha value is -0.570. The maximum absolute atomic E-state index is 12.0. The van der Waals surface area contributed by atoms with Gasteiger partial charge in [-0.1, -0.05) is 0 Å². The third-order valence-corrected chi connectivity index (χ3v) is 4.15. The van der Waals surface area contributed by atoms with Crippen molar-refractivity contribution in [1.29, 1.82) is 0 Å². The van der Waals surface area contributed by atoms with E-state index >= 15 is 0 Å². The van der Waals surface area contributed by atoms with E-state index in [1.54, 1.807) is 0 Å². The molecule has 2 bridgehead atoms. The van der Waals surface area contributed by atoms with Crippen LogP contribution >= 0.6 is 0 Å². The summed E-state index contributed by atoms with van der Waals surface area (Å²) in [6.07, 6.45) is 5.84. The first-order chi connectivity index (χ1) is 7.72. The molecule has 3 heteroatoms. The van der Waals surface area contributed by atoms with E-state index in [-0.39, 0.29) is 0 Å². The van der Waals surface area contributed by atoms with Crippen molar-refractivity contribution in [3.8, 4) is 0 Å². The second-order valence-electron chi connectivity index (χ2n) is 5.25. The third kappa shape index (κ3) is 2.57. The number of hydrogen-bond donors (Lipinski definition) is 1. The van der Waals surface area contributed by atoms with Gasteiger partial charge in [0.25, 0.3) is 0 Å². The van der Waals surface area contributed by atoms with Crippen molar-refractivity contribution in [3.05, 3.63) is 0 Å². The summed E-state index contributed by atoms with van der Waals surface area (Å²) in [4.78, 5) is 14.0. The van der Waals surface area contributed by atoms with Crippen molar-refractivity contribution in [2.45, 2.75) is 58.0 Å². The molecule has 2 heterocycles. The monoisotopic (exact) mass is 224 g/mol. The number of hydrogen-bond acceptors (Lipinski definition) is 2. The highest BCUT2D eigenvalue weighted by atomic mass is 16.2. The highest BCUT2D eigenvalue weighted by Crippen LogP contribution is 2.32. The van der Waals surface area contributed by atoms with Crippen LogP contribution in [-0.2, 0) is 4.79 Å². The molecule has 16 heavy (non-hydrogen) atoms. The first kappa shape index (κ1) is 11.9. The van der Waals surface area contributed by atoms with Crippen LogP contribution in [0.4, 0.5) is 0 Å². The van der Waals surface area contributed by atoms with Crippen LogP contribution in [0.5, 0.6) is 0 Å². The third-order valence-electron chi connectivity index (χ3n) is 4.15. The number of carbonyl (C=O) groups is 1. The minimum atomic E-state index is 0.358. The SMILES string of the molecule is CCN(CC)C(=O)CC1CC2CCC(C1)N2. The largest absolute Gasteiger partial charge is 0.343 e. The molecule has 0 aromatic heterocycles. The molecule has 0 radical (unpaired) electrons. The zero-order valence-electron chi connectivity index (χ0n) is 10.5. The van der Waals surface area contributed by atoms with Gasteiger partial charge in [0.2, 0.25) is 5.91 Å². The van der Waals surface area contributed by atoms with Gasteiger partial charge in [-0.3, -0.25) is 4.79 Å². The zero-order chi connectivity index (χ0) is 11.5. The summed E-state index contributed by atoms with van der Waals surface area (Å²) in [7, 11) is 0. The van der Waals surface area contributed by atoms with Crippen molar-refractivity contribution < 1.29 is 4.79 Å². The van der Waals surface area contributed by atoms with E-state index in [0.29, 0.717) is 23.9 Å². The van der Waals surface area contributed by atoms with Crippen LogP contribution < -0.4 is 5.32 Å². The number of fused-ring (bicyclic) bond motifs is 2. The van der Waals surface area contributed by atoms with Crippen molar-refractivity contribution in [2.24, 2.45) is 5.92 Å². The Bertz CT molecular complexity index is 238. The van der Waals surface area contributed by atoms with Crippen LogP contribution in [0.25, 0.3) is 0 Å². The Balaban J connectivity index is 1.83. The Labute approximate surface area is 98.6 Å². The van der Waals surface area contributed by atoms with Crippen LogP contribution in [0.15, 0.2) is 0 Å². The normalized spacial score (nSPS) is 32.8. The van der Waals surface area contributed by atoms with Crippen LogP contribution in [0.2, 0.25) is 0 Å². The van der Waals surface area contributed by atoms with E-state index in [2.05, 4.69) is 19.2 Å². The van der Waals surface area contributed by atoms with Gasteiger partial charge >= 0.3 is 0 Å². The first-order valence-electron chi connectivity index (χ1n) is 6.76. The van der Waals surface area contributed by atoms with E-state index in [4.69, 9.17) is 0 Å². The molecule has 2 fully saturated rings. The lowest BCUT2D eigenvalue weighted by Gasteiger charge is -2.30. The Morgan fingerprint density at radius 2 is 1.75 bits per heavy atom. The summed E-state index contributed by atoms with van der Waals surface area (Å²) >= 11 is 0. The topological polar surface area (TPSA) is 32.3 Å². The summed E-state index contributed by atoms with van der Waals surface area (Å²) in [5.74, 6) is 0.989. The van der Waals surface area contributed by atoms with E-state index in [9.17, 15) is 4.79 Å². The Morgan fingerprint density at radius 3 is 2.25 bits per heavy atom. The van der Waals surface area contributed by atoms with Gasteiger partial charge in [-0.2, -0.15) is 0 Å². The molecule has 2 rings (SSSR count). The molecular weight excluding hydrogens is 200 g/mol. The molecule has 0 aromatic carbocycles. The van der Waals surface area contributed by atoms with Crippen molar-refractivity contribution in [3.63, 3.8) is 0 Å². The molecule has 2 aliphatic rings. The van der Waals surface area contributed by atoms with Gasteiger partial charge in [-0.05, 0) is 45.4 Å². The second kappa shape index (κ2) is 5.17. The first-order valence-corrected chi connectivity index (χ1v) is 6.76. The minimum Gasteiger partial charge on any atom is -0.343 e. The number of piperidine rings is 1. The standard InChI is InChI=1S/C13H24N2O/c1-3-15(4-2)13(16)9-10-7-11-5-6-12(8-10)14-11/h10-12,14H,3-9H2,1-2H3. The quantitative estimate of drug-likeness (QED) is 0.789. The minimum absolute atomic E-state index is 0.358. The summed E-state index contributed by atoms with van der Waals surface area (Å²) in [6, 6.07) is 1.40. The van der Waals surface area contributed by atoms with Crippen LogP contribution in [-0.4, -0.2) is 36.0 Å². The number of carbonyl (C=O) groups excluding carboxylic acids is 1. The van der Waals surface area contributed by atoms with E-state index in [0.717, 1.165) is 19.5 Å². The maximum atomic E-state index is 12.0. The van der Waals surface area contributed by atoms with E-state index in [1.807, 2.05) is 4.90 Å². The van der Waals surface area contributed by atoms with Gasteiger partial charge in [-0.15, -0.1) is 0 Å². The van der Waals surface area contributed by atoms with Crippen LogP contribution in [0, 0.1) is 5.92 Å². The van der Waals surface area contributed by atoms with Gasteiger partial charge in [-0.25, -0.2) is 0 Å². The summed E-state index contributed by atoms with van der Waals surface area (Å²) < 4.78 is 0. The second-order valence-corrected chi connectivity index (χ2v) is 5.25. The molecule has 0 aliphatic carbocycles. The van der Waals surface area contributed by atoms with Gasteiger partial charge in [0.15, 0.2) is 0 Å². The lowest BCUT2D eigenvalue weighted by molar-refractivity contribution is -0.132. The van der Waals surface area contributed by atoms with E-state index in [1.165, 1.54) is 25.7 Å². The zero-order valence-corrected chi connectivity index (χ0v) is 10.5. The Morgan fingerprint density at radius 1 is 1.19 bits per heavy atom. The molecule has 3 nitrogen and oxygen atoms in total. The summed E-state index contributed by atoms with van der Waals surface area (Å²) in [5, 5.41) is 3.63. The van der Waals surface area contributed by atoms with Gasteiger partial charge < -0.3 is 10.2 Å². The number of nitrogens with zero attached hydrogens (tertiary/aromatic N) is 1. The van der Waals surface area contributed by atoms with Gasteiger partial charge in [0.05, 0.1) is 0 Å². The predicted octanol–water partition coefficient (Wildman–Crippen LogP) is 1.78. The Kier molecular flexibility index (Phi) is 3.85. The number of rotatable bonds is 4. The lowest BCUT2D eigenvalue weighted by Crippen LogP contribution is -2.40. The average molecular weight is 224 g/mol. The van der Waals surface area contributed by atoms with Crippen molar-refractivity contribution in [2.75, 3.05) is 13.1 Å². The lowest BCUT2D eigenvalue weighted by atomic mass is 9.89. The molecule has 2 aliphatic heterocycles. The van der Waals surface area contributed by atoms with Crippen molar-refractivity contribution in [1.82, 2.24) is 10.2 Å². The number of nitrogens with one attached hydrogen (secondary N) is 1. The molecule has 1 amide bonds. The summed E-state index contributed by atoms with van der Waals surface area (Å²) in [6.45, 7) is 5.83. The van der Waals surface area contributed by atoms with Crippen molar-refractivity contribution >= 4 is 5.91 Å². The highest BCUT2D eigenvalue weighted by Gasteiger charge is 2.34. The fourth-order valence-electron chi connectivity index (χ4n) is 3.29. The van der Waals surface area contributed by atoms with E-state index < -0.39 is 0 Å². The molecule has 2 unspecified atom stereocenters. The molecule has 0 spiro atoms. The van der Waals surface area contributed by atoms with Crippen LogP contribution in [0.3, 0.4) is 0 Å². The highest BCUT2D eigenvalue weighted by molar-refractivity contribution is 5.76. The van der Waals surface area contributed by atoms with Crippen LogP contribution in [0.1, 0.15) is 46.0 Å². The van der Waals surface area contributed by atoms with Gasteiger partial charge in [0.1, 0.15) is 0 Å². The fraction of sp³-hybridized carbons (Fsp3) is 0.923. The number of amides is 1. The molecule has 92 valence electrons. The average Bonchev–Trinajstić information content (AvgIpc) is 2.60. The fourth-order valence-corrected chi connectivity index (χ4v) is 3.29. The maximum Gasteiger partial charge on any atom is 0.222 e. The molecule has 1 N–H and O–H groups in total. The molecule has 0 saturated carbocycles. The molecular formula is C13H24N2O. The molecule has 2 atom stereocenters. The molecule has 2 saturated heterocycles. The van der Waals surface area contributed by atoms with Gasteiger partial charge in [0, 0.05) is 31.6 Å².